The van der Waals surface area contributed by atoms with Gasteiger partial charge in [0.25, 0.3) is 0 Å². The van der Waals surface area contributed by atoms with Gasteiger partial charge in [0.1, 0.15) is 25.4 Å². The second kappa shape index (κ2) is 94.3. The van der Waals surface area contributed by atoms with E-state index in [9.17, 15) is 43.5 Å². The molecule has 18 heteroatoms. The molecule has 0 amide bonds. The number of allylic oxidation sites excluding steroid dienone is 26. The molecule has 0 aromatic heterocycles. The Bertz CT molecular complexity index is 2830. The third-order valence-electron chi connectivity index (χ3n) is 20.7. The van der Waals surface area contributed by atoms with Crippen molar-refractivity contribution in [3.05, 3.63) is 158 Å². The molecule has 0 bridgehead atoms. The number of ether oxygens (including phenoxy) is 3. The largest absolute Gasteiger partial charge is 0.472 e. The van der Waals surface area contributed by atoms with Crippen LogP contribution in [0.15, 0.2) is 158 Å². The second-order valence-electron chi connectivity index (χ2n) is 32.4. The Labute approximate surface area is 740 Å². The summed E-state index contributed by atoms with van der Waals surface area (Å²) in [5.41, 5.74) is 0. The van der Waals surface area contributed by atoms with Gasteiger partial charge in [-0.05, 0) is 141 Å². The van der Waals surface area contributed by atoms with Gasteiger partial charge >= 0.3 is 33.6 Å². The molecule has 16 nitrogen and oxygen atoms in total. The molecule has 5 unspecified atom stereocenters. The Balaban J connectivity index is 4.39. The fourth-order valence-electron chi connectivity index (χ4n) is 13.5. The van der Waals surface area contributed by atoms with Gasteiger partial charge in [-0.3, -0.25) is 32.5 Å². The van der Waals surface area contributed by atoms with Crippen LogP contribution >= 0.6 is 15.6 Å². The van der Waals surface area contributed by atoms with Crippen molar-refractivity contribution in [2.75, 3.05) is 39.6 Å². The fourth-order valence-corrected chi connectivity index (χ4v) is 15.1. The van der Waals surface area contributed by atoms with Gasteiger partial charge in [-0.2, -0.15) is 0 Å². The lowest BCUT2D eigenvalue weighted by molar-refractivity contribution is -0.161. The summed E-state index contributed by atoms with van der Waals surface area (Å²) in [4.78, 5) is 59.0. The predicted octanol–water partition coefficient (Wildman–Crippen LogP) is 30.5. The Morgan fingerprint density at radius 2 is 0.413 bits per heavy atom. The standard InChI is InChI=1S/C103H178O16P2/c1-4-7-10-13-16-19-22-25-28-30-32-34-36-38-40-42-44-46-48-50-52-54-56-58-60-62-64-66-69-71-74-77-80-83-86-89-101(106)113-92-98(104)93-115-120(109,110)116-94-99(105)95-117-121(111,112)118-97-100(119-103(108)91-88-85-82-79-76-73-68-27-24-21-18-15-12-9-6-3)96-114-102(107)90-87-84-81-78-75-72-70-67-65-63-61-59-57-55-53-51-49-47-45-43-41-39-37-35-33-31-29-26-23-20-17-14-11-8-5-2/h7-12,16-21,25-29,32-35,38-41,68,98-100,104-105H,4-6,13-15,22-24,30-31,36-37,42-67,69-97H2,1-3H3,(H,109,110)(H,111,112)/b10-7-,11-8-,12-9-,19-16-,20-17-,21-18-,28-25-,29-26-,34-32-,35-33-,40-38-,41-39-,68-27-. The quantitative estimate of drug-likeness (QED) is 0.0146. The molecule has 0 heterocycles. The molecule has 0 aliphatic rings. The van der Waals surface area contributed by atoms with Gasteiger partial charge in [0.05, 0.1) is 26.4 Å². The monoisotopic (exact) mass is 1730 g/mol. The first-order valence-electron chi connectivity index (χ1n) is 48.8. The lowest BCUT2D eigenvalue weighted by Crippen LogP contribution is -2.30. The van der Waals surface area contributed by atoms with Gasteiger partial charge in [-0.15, -0.1) is 0 Å². The summed E-state index contributed by atoms with van der Waals surface area (Å²) in [7, 11) is -9.81. The Hall–Kier alpha value is -4.83. The zero-order valence-electron chi connectivity index (χ0n) is 76.9. The van der Waals surface area contributed by atoms with E-state index in [0.717, 1.165) is 154 Å². The lowest BCUT2D eigenvalue weighted by atomic mass is 10.0. The highest BCUT2D eigenvalue weighted by atomic mass is 31.2. The number of hydrogen-bond acceptors (Lipinski definition) is 14. The predicted molar refractivity (Wildman–Crippen MR) is 509 cm³/mol. The molecule has 0 saturated heterocycles. The van der Waals surface area contributed by atoms with E-state index < -0.39 is 91.5 Å². The van der Waals surface area contributed by atoms with E-state index in [0.29, 0.717) is 19.3 Å². The molecule has 0 rings (SSSR count). The smallest absolute Gasteiger partial charge is 0.463 e. The summed E-state index contributed by atoms with van der Waals surface area (Å²) in [5.74, 6) is -1.58. The number of carbonyl (C=O) groups excluding carboxylic acids is 3. The molecule has 0 aromatic carbocycles. The summed E-state index contributed by atoms with van der Waals surface area (Å²) in [5, 5.41) is 20.7. The molecule has 4 N–H and O–H groups in total. The van der Waals surface area contributed by atoms with E-state index in [-0.39, 0.29) is 19.3 Å². The Morgan fingerprint density at radius 3 is 0.653 bits per heavy atom. The van der Waals surface area contributed by atoms with Crippen LogP contribution in [0, 0.1) is 0 Å². The van der Waals surface area contributed by atoms with Crippen LogP contribution in [0.25, 0.3) is 0 Å². The first-order valence-corrected chi connectivity index (χ1v) is 51.8. The molecule has 696 valence electrons. The fraction of sp³-hybridized carbons (Fsp3) is 0.718. The number of esters is 3. The molecule has 0 aliphatic carbocycles. The summed E-state index contributed by atoms with van der Waals surface area (Å²) in [6.07, 6.45) is 122. The van der Waals surface area contributed by atoms with Crippen molar-refractivity contribution in [3.63, 3.8) is 0 Å². The van der Waals surface area contributed by atoms with E-state index in [1.54, 1.807) is 0 Å². The van der Waals surface area contributed by atoms with Crippen LogP contribution in [0.1, 0.15) is 419 Å². The van der Waals surface area contributed by atoms with Crippen molar-refractivity contribution in [1.29, 1.82) is 0 Å². The number of phosphoric acid groups is 2. The van der Waals surface area contributed by atoms with E-state index in [2.05, 4.69) is 179 Å². The maximum Gasteiger partial charge on any atom is 0.472 e. The lowest BCUT2D eigenvalue weighted by Gasteiger charge is -2.21. The van der Waals surface area contributed by atoms with E-state index >= 15 is 0 Å². The minimum Gasteiger partial charge on any atom is -0.463 e. The van der Waals surface area contributed by atoms with Gasteiger partial charge in [0, 0.05) is 19.3 Å². The summed E-state index contributed by atoms with van der Waals surface area (Å²) < 4.78 is 61.5. The molecule has 0 radical (unpaired) electrons. The first kappa shape index (κ1) is 116. The summed E-state index contributed by atoms with van der Waals surface area (Å²) in [6, 6.07) is 0. The topological polar surface area (TPSA) is 231 Å². The van der Waals surface area contributed by atoms with Crippen LogP contribution in [0.4, 0.5) is 0 Å². The number of aliphatic hydroxyl groups excluding tert-OH is 2. The van der Waals surface area contributed by atoms with Crippen molar-refractivity contribution in [3.8, 4) is 0 Å². The number of aliphatic hydroxyl groups is 2. The van der Waals surface area contributed by atoms with Crippen molar-refractivity contribution < 1.29 is 75.8 Å². The highest BCUT2D eigenvalue weighted by molar-refractivity contribution is 7.47. The normalized spacial score (nSPS) is 14.4. The molecule has 5 atom stereocenters. The average molecular weight is 1730 g/mol. The highest BCUT2D eigenvalue weighted by Gasteiger charge is 2.30. The highest BCUT2D eigenvalue weighted by Crippen LogP contribution is 2.45. The first-order chi connectivity index (χ1) is 59.2. The molecule has 0 saturated carbocycles. The van der Waals surface area contributed by atoms with E-state index in [1.807, 2.05) is 0 Å². The molecule has 0 aromatic rings. The Morgan fingerprint density at radius 1 is 0.231 bits per heavy atom. The van der Waals surface area contributed by atoms with E-state index in [1.165, 1.54) is 205 Å². The number of phosphoric ester groups is 2. The van der Waals surface area contributed by atoms with Gasteiger partial charge in [-0.1, -0.05) is 416 Å². The minimum absolute atomic E-state index is 0.0849. The van der Waals surface area contributed by atoms with Gasteiger partial charge in [0.2, 0.25) is 0 Å². The summed E-state index contributed by atoms with van der Waals surface area (Å²) in [6.45, 7) is 2.38. The van der Waals surface area contributed by atoms with Crippen LogP contribution in [0.5, 0.6) is 0 Å². The molecule has 0 spiro atoms. The molecule has 121 heavy (non-hydrogen) atoms. The number of unbranched alkanes of at least 4 members (excludes halogenated alkanes) is 43. The maximum atomic E-state index is 13.0. The van der Waals surface area contributed by atoms with Crippen LogP contribution in [0.2, 0.25) is 0 Å². The molecule has 0 fully saturated rings. The van der Waals surface area contributed by atoms with Gasteiger partial charge in [0.15, 0.2) is 6.10 Å². The number of carbonyl (C=O) groups is 3. The van der Waals surface area contributed by atoms with Crippen molar-refractivity contribution >= 4 is 33.6 Å². The van der Waals surface area contributed by atoms with Crippen LogP contribution in [-0.2, 0) is 55.8 Å². The van der Waals surface area contributed by atoms with E-state index in [4.69, 9.17) is 32.3 Å². The third kappa shape index (κ3) is 95.7. The molecule has 0 aliphatic heterocycles. The van der Waals surface area contributed by atoms with Crippen molar-refractivity contribution in [2.24, 2.45) is 0 Å². The number of hydrogen-bond donors (Lipinski definition) is 4. The third-order valence-corrected chi connectivity index (χ3v) is 22.6. The minimum atomic E-state index is -4.94. The van der Waals surface area contributed by atoms with Crippen LogP contribution in [-0.4, -0.2) is 95.9 Å². The van der Waals surface area contributed by atoms with Crippen LogP contribution < -0.4 is 0 Å². The molecular weight excluding hydrogens is 1560 g/mol. The number of rotatable bonds is 92. The molecular formula is C103H178O16P2. The van der Waals surface area contributed by atoms with Crippen molar-refractivity contribution in [2.45, 2.75) is 437 Å². The van der Waals surface area contributed by atoms with Crippen molar-refractivity contribution in [1.82, 2.24) is 0 Å². The zero-order valence-corrected chi connectivity index (χ0v) is 78.7. The van der Waals surface area contributed by atoms with Crippen LogP contribution in [0.3, 0.4) is 0 Å². The Kier molecular flexibility index (Phi) is 90.5. The second-order valence-corrected chi connectivity index (χ2v) is 35.3. The van der Waals surface area contributed by atoms with Gasteiger partial charge < -0.3 is 34.2 Å². The zero-order chi connectivity index (χ0) is 87.9. The SMILES string of the molecule is CC/C=C\C/C=C\C/C=C\C/C=C\C/C=C\CCCCCCCCCCCCCCCCCCCCCC(=O)OCC(O)COP(=O)(O)OCC(O)COP(=O)(O)OCC(COC(=O)CCCCCCCCCCCCCCCCCCCCC/C=C\C/C=C\C/C=C\C/C=C\C/C=C\CC)OC(=O)CCCCCCC/C=C\C/C=C\C/C=C\CC. The maximum absolute atomic E-state index is 13.0. The average Bonchev–Trinajstić information content (AvgIpc) is 0.890. The summed E-state index contributed by atoms with van der Waals surface area (Å²) >= 11 is 0. The van der Waals surface area contributed by atoms with Gasteiger partial charge in [-0.25, -0.2) is 9.13 Å².